The molecule has 2 heterocycles. The summed E-state index contributed by atoms with van der Waals surface area (Å²) in [6.07, 6.45) is 0.505. The van der Waals surface area contributed by atoms with E-state index in [0.717, 1.165) is 0 Å². The van der Waals surface area contributed by atoms with E-state index in [1.54, 1.807) is 20.8 Å². The molecule has 7 heteroatoms. The van der Waals surface area contributed by atoms with Gasteiger partial charge in [-0.15, -0.1) is 15.3 Å². The molecule has 0 aliphatic carbocycles. The second kappa shape index (κ2) is 4.67. The highest BCUT2D eigenvalue weighted by atomic mass is 16.5. The van der Waals surface area contributed by atoms with Gasteiger partial charge in [0.2, 0.25) is 0 Å². The van der Waals surface area contributed by atoms with Gasteiger partial charge in [-0.05, 0) is 20.8 Å². The summed E-state index contributed by atoms with van der Waals surface area (Å²) in [5.41, 5.74) is 0.751. The van der Waals surface area contributed by atoms with Gasteiger partial charge in [-0.3, -0.25) is 0 Å². The second-order valence-corrected chi connectivity index (χ2v) is 4.18. The smallest absolute Gasteiger partial charge is 0.361 e. The molecule has 2 aromatic heterocycles. The summed E-state index contributed by atoms with van der Waals surface area (Å²) in [6.45, 7) is 7.26. The minimum atomic E-state index is -0.495. The van der Waals surface area contributed by atoms with Crippen LogP contribution in [0.25, 0.3) is 5.78 Å². The van der Waals surface area contributed by atoms with Gasteiger partial charge in [0.1, 0.15) is 0 Å². The number of carbonyl (C=O) groups is 1. The second-order valence-electron chi connectivity index (χ2n) is 4.18. The maximum Gasteiger partial charge on any atom is 0.361 e. The first-order valence-corrected chi connectivity index (χ1v) is 5.82. The van der Waals surface area contributed by atoms with E-state index < -0.39 is 5.97 Å². The van der Waals surface area contributed by atoms with Gasteiger partial charge in [0.15, 0.2) is 11.5 Å². The Hall–Kier alpha value is -2.05. The summed E-state index contributed by atoms with van der Waals surface area (Å²) < 4.78 is 6.61. The molecule has 0 saturated carbocycles. The lowest BCUT2D eigenvalue weighted by atomic mass is 10.3. The van der Waals surface area contributed by atoms with E-state index in [9.17, 15) is 4.79 Å². The van der Waals surface area contributed by atoms with Crippen molar-refractivity contribution in [1.82, 2.24) is 24.8 Å². The molecule has 0 N–H and O–H groups in total. The number of esters is 1. The van der Waals surface area contributed by atoms with Crippen molar-refractivity contribution in [3.63, 3.8) is 0 Å². The Morgan fingerprint density at radius 2 is 2.11 bits per heavy atom. The molecule has 0 spiro atoms. The SMILES string of the molecule is CCc1nc2nnc(C(=O)OC(C)C)c(C)n2n1. The van der Waals surface area contributed by atoms with Crippen LogP contribution in [0.3, 0.4) is 0 Å². The third-order valence-corrected chi connectivity index (χ3v) is 2.39. The van der Waals surface area contributed by atoms with E-state index in [0.29, 0.717) is 23.7 Å². The Labute approximate surface area is 104 Å². The molecule has 0 bridgehead atoms. The largest absolute Gasteiger partial charge is 0.458 e. The maximum absolute atomic E-state index is 11.8. The Balaban J connectivity index is 2.47. The van der Waals surface area contributed by atoms with Crippen LogP contribution in [0.5, 0.6) is 0 Å². The maximum atomic E-state index is 11.8. The molecule has 7 nitrogen and oxygen atoms in total. The van der Waals surface area contributed by atoms with Crippen molar-refractivity contribution in [2.75, 3.05) is 0 Å². The van der Waals surface area contributed by atoms with E-state index in [4.69, 9.17) is 4.74 Å². The summed E-state index contributed by atoms with van der Waals surface area (Å²) in [5, 5.41) is 12.0. The van der Waals surface area contributed by atoms with Gasteiger partial charge in [0.05, 0.1) is 11.8 Å². The lowest BCUT2D eigenvalue weighted by molar-refractivity contribution is 0.0367. The average molecular weight is 249 g/mol. The number of rotatable bonds is 3. The van der Waals surface area contributed by atoms with Crippen LogP contribution in [-0.2, 0) is 11.2 Å². The van der Waals surface area contributed by atoms with Crippen molar-refractivity contribution in [2.24, 2.45) is 0 Å². The number of hydrogen-bond acceptors (Lipinski definition) is 6. The number of aromatic nitrogens is 5. The molecule has 18 heavy (non-hydrogen) atoms. The lowest BCUT2D eigenvalue weighted by Crippen LogP contribution is -2.17. The fraction of sp³-hybridized carbons (Fsp3) is 0.545. The fourth-order valence-electron chi connectivity index (χ4n) is 1.51. The van der Waals surface area contributed by atoms with Crippen molar-refractivity contribution in [3.8, 4) is 0 Å². The Morgan fingerprint density at radius 1 is 1.39 bits per heavy atom. The molecule has 2 aromatic rings. The molecule has 0 atom stereocenters. The van der Waals surface area contributed by atoms with Crippen LogP contribution in [-0.4, -0.2) is 36.9 Å². The first-order valence-electron chi connectivity index (χ1n) is 5.82. The molecule has 0 saturated heterocycles. The van der Waals surface area contributed by atoms with Gasteiger partial charge < -0.3 is 4.74 Å². The number of nitrogens with zero attached hydrogens (tertiary/aromatic N) is 5. The zero-order chi connectivity index (χ0) is 13.3. The normalized spacial score (nSPS) is 11.2. The highest BCUT2D eigenvalue weighted by molar-refractivity contribution is 5.88. The van der Waals surface area contributed by atoms with Crippen molar-refractivity contribution in [1.29, 1.82) is 0 Å². The van der Waals surface area contributed by atoms with Crippen LogP contribution in [0.1, 0.15) is 42.8 Å². The van der Waals surface area contributed by atoms with Crippen LogP contribution in [0.15, 0.2) is 0 Å². The monoisotopic (exact) mass is 249 g/mol. The molecule has 96 valence electrons. The Bertz CT molecular complexity index is 590. The number of carbonyl (C=O) groups excluding carboxylic acids is 1. The van der Waals surface area contributed by atoms with E-state index in [-0.39, 0.29) is 11.8 Å². The van der Waals surface area contributed by atoms with Crippen LogP contribution >= 0.6 is 0 Å². The summed E-state index contributed by atoms with van der Waals surface area (Å²) >= 11 is 0. The van der Waals surface area contributed by atoms with Crippen LogP contribution in [0.2, 0.25) is 0 Å². The average Bonchev–Trinajstić information content (AvgIpc) is 2.72. The highest BCUT2D eigenvalue weighted by Crippen LogP contribution is 2.08. The summed E-state index contributed by atoms with van der Waals surface area (Å²) in [5.74, 6) is 0.567. The third kappa shape index (κ3) is 2.15. The van der Waals surface area contributed by atoms with Crippen molar-refractivity contribution >= 4 is 11.7 Å². The van der Waals surface area contributed by atoms with Gasteiger partial charge >= 0.3 is 5.97 Å². The number of fused-ring (bicyclic) bond motifs is 1. The zero-order valence-electron chi connectivity index (χ0n) is 10.8. The highest BCUT2D eigenvalue weighted by Gasteiger charge is 2.18. The molecule has 0 aromatic carbocycles. The molecular weight excluding hydrogens is 234 g/mol. The quantitative estimate of drug-likeness (QED) is 0.753. The number of ether oxygens (including phenoxy) is 1. The predicted octanol–water partition coefficient (Wildman–Crippen LogP) is 0.955. The Morgan fingerprint density at radius 3 is 2.72 bits per heavy atom. The molecule has 0 aliphatic heterocycles. The molecule has 0 aliphatic rings. The van der Waals surface area contributed by atoms with E-state index in [1.807, 2.05) is 6.92 Å². The summed E-state index contributed by atoms with van der Waals surface area (Å²) in [4.78, 5) is 16.0. The first-order chi connectivity index (χ1) is 8.52. The van der Waals surface area contributed by atoms with Gasteiger partial charge in [-0.25, -0.2) is 4.79 Å². The summed E-state index contributed by atoms with van der Waals surface area (Å²) in [7, 11) is 0. The standard InChI is InChI=1S/C11H15N5O2/c1-5-8-12-11-14-13-9(7(4)16(11)15-8)10(17)18-6(2)3/h6H,5H2,1-4H3. The van der Waals surface area contributed by atoms with Gasteiger partial charge in [0, 0.05) is 6.42 Å². The molecule has 2 rings (SSSR count). The van der Waals surface area contributed by atoms with Crippen molar-refractivity contribution in [3.05, 3.63) is 17.2 Å². The topological polar surface area (TPSA) is 82.3 Å². The van der Waals surface area contributed by atoms with Gasteiger partial charge in [-0.1, -0.05) is 6.92 Å². The first kappa shape index (κ1) is 12.4. The minimum Gasteiger partial charge on any atom is -0.458 e. The lowest BCUT2D eigenvalue weighted by Gasteiger charge is -2.08. The molecule has 0 radical (unpaired) electrons. The zero-order valence-corrected chi connectivity index (χ0v) is 10.8. The predicted molar refractivity (Wildman–Crippen MR) is 63.2 cm³/mol. The summed E-state index contributed by atoms with van der Waals surface area (Å²) in [6, 6.07) is 0. The van der Waals surface area contributed by atoms with Crippen molar-refractivity contribution in [2.45, 2.75) is 40.2 Å². The van der Waals surface area contributed by atoms with Crippen LogP contribution in [0, 0.1) is 6.92 Å². The van der Waals surface area contributed by atoms with Crippen LogP contribution < -0.4 is 0 Å². The minimum absolute atomic E-state index is 0.170. The fourth-order valence-corrected chi connectivity index (χ4v) is 1.51. The van der Waals surface area contributed by atoms with E-state index >= 15 is 0 Å². The molecule has 0 amide bonds. The van der Waals surface area contributed by atoms with Crippen molar-refractivity contribution < 1.29 is 9.53 Å². The van der Waals surface area contributed by atoms with Crippen LogP contribution in [0.4, 0.5) is 0 Å². The Kier molecular flexibility index (Phi) is 3.22. The third-order valence-electron chi connectivity index (χ3n) is 2.39. The number of aryl methyl sites for hydroxylation is 2. The molecular formula is C11H15N5O2. The number of hydrogen-bond donors (Lipinski definition) is 0. The van der Waals surface area contributed by atoms with E-state index in [1.165, 1.54) is 4.52 Å². The molecule has 0 fully saturated rings. The van der Waals surface area contributed by atoms with E-state index in [2.05, 4.69) is 20.3 Å². The molecule has 0 unspecified atom stereocenters. The van der Waals surface area contributed by atoms with Gasteiger partial charge in [-0.2, -0.15) is 9.50 Å². The van der Waals surface area contributed by atoms with Gasteiger partial charge in [0.25, 0.3) is 5.78 Å².